The Kier molecular flexibility index (Phi) is 17.9. The molecule has 0 aliphatic heterocycles. The van der Waals surface area contributed by atoms with Gasteiger partial charge in [0.15, 0.2) is 13.2 Å². The number of hydrogen-bond acceptors (Lipinski definition) is 4. The zero-order valence-electron chi connectivity index (χ0n) is 34.6. The molecule has 0 atom stereocenters. The second-order valence-corrected chi connectivity index (χ2v) is 14.7. The summed E-state index contributed by atoms with van der Waals surface area (Å²) in [6, 6.07) is 0.610. The zero-order valence-corrected chi connectivity index (χ0v) is 34.6. The van der Waals surface area contributed by atoms with Crippen LogP contribution < -0.4 is 10.6 Å². The van der Waals surface area contributed by atoms with Crippen molar-refractivity contribution in [3.63, 3.8) is 0 Å². The number of anilines is 2. The average molecular weight is 1240 g/mol. The number of ether oxygens (including phenoxy) is 2. The SMILES string of the molecule is Cc1ccc(NC(=O)OCC(F)(F)C(F)(F)C(F)(F)C(F)(F)C(F)(F)C(F)(F)C(F)(F)C(F)(F)C(F)(F)C(F)F)cc1NC(=O)OCC(F)(F)C(F)(F)C(F)(F)C(F)(F)C(F)(F)C(F)(F)C(F)(F)C(F)(F)C(F)(F)C(F)F. The first-order chi connectivity index (χ1) is 33.2. The molecule has 0 unspecified atom stereocenters. The molecule has 6 nitrogen and oxygen atoms in total. The Hall–Kier alpha value is -5.04. The second-order valence-electron chi connectivity index (χ2n) is 14.7. The molecule has 0 radical (unpaired) electrons. The van der Waals surface area contributed by atoms with Crippen LogP contribution in [0.25, 0.3) is 0 Å². The Morgan fingerprint density at radius 2 is 0.584 bits per heavy atom. The molecule has 0 aliphatic rings. The van der Waals surface area contributed by atoms with Crippen LogP contribution in [0.15, 0.2) is 18.2 Å². The Bertz CT molecular complexity index is 2290. The van der Waals surface area contributed by atoms with E-state index in [0.717, 1.165) is 10.6 Å². The van der Waals surface area contributed by atoms with Crippen molar-refractivity contribution in [3.8, 4) is 0 Å². The van der Waals surface area contributed by atoms with E-state index < -0.39 is 162 Å². The number of carbonyl (C=O) groups excluding carboxylic acids is 2. The van der Waals surface area contributed by atoms with Gasteiger partial charge >= 0.3 is 132 Å². The van der Waals surface area contributed by atoms with Gasteiger partial charge in [-0.25, -0.2) is 27.2 Å². The van der Waals surface area contributed by atoms with E-state index in [4.69, 9.17) is 0 Å². The van der Waals surface area contributed by atoms with Crippen LogP contribution in [0.4, 0.5) is 197 Å². The lowest BCUT2D eigenvalue weighted by Gasteiger charge is -2.44. The van der Waals surface area contributed by atoms with Crippen LogP contribution in [0.3, 0.4) is 0 Å². The van der Waals surface area contributed by atoms with Crippen molar-refractivity contribution in [3.05, 3.63) is 23.8 Å². The largest absolute Gasteiger partial charge is 0.443 e. The maximum atomic E-state index is 14.2. The number of carbonyl (C=O) groups is 2. The molecule has 452 valence electrons. The fraction of sp³-hybridized carbons (Fsp3) is 0.742. The van der Waals surface area contributed by atoms with Crippen molar-refractivity contribution in [1.82, 2.24) is 0 Å². The van der Waals surface area contributed by atoms with Crippen molar-refractivity contribution >= 4 is 23.6 Å². The molecule has 0 aliphatic carbocycles. The molecule has 0 aromatic heterocycles. The van der Waals surface area contributed by atoms with Crippen molar-refractivity contribution in [2.75, 3.05) is 23.8 Å². The molecule has 1 aromatic carbocycles. The van der Waals surface area contributed by atoms with Gasteiger partial charge in [0.2, 0.25) is 0 Å². The molecule has 2 amide bonds. The summed E-state index contributed by atoms with van der Waals surface area (Å²) in [5, 5.41) is 1.90. The molecule has 2 N–H and O–H groups in total. The summed E-state index contributed by atoms with van der Waals surface area (Å²) < 4.78 is 552. The summed E-state index contributed by atoms with van der Waals surface area (Å²) in [6.45, 7) is -7.34. The minimum Gasteiger partial charge on any atom is -0.443 e. The maximum absolute atomic E-state index is 14.2. The first kappa shape index (κ1) is 70.0. The van der Waals surface area contributed by atoms with E-state index in [1.807, 2.05) is 0 Å². The summed E-state index contributed by atoms with van der Waals surface area (Å²) in [5.74, 6) is -158. The van der Waals surface area contributed by atoms with Crippen LogP contribution >= 0.6 is 0 Å². The molecule has 1 aromatic rings. The van der Waals surface area contributed by atoms with Gasteiger partial charge in [-0.05, 0) is 24.6 Å². The molecule has 0 spiro atoms. The average Bonchev–Trinajstić information content (AvgIpc) is 3.24. The molecular weight excluding hydrogens is 1220 g/mol. The van der Waals surface area contributed by atoms with E-state index in [1.54, 1.807) is 0 Å². The third-order valence-corrected chi connectivity index (χ3v) is 9.53. The number of halogens is 40. The van der Waals surface area contributed by atoms with Gasteiger partial charge in [0.05, 0.1) is 0 Å². The fourth-order valence-electron chi connectivity index (χ4n) is 4.75. The number of rotatable bonds is 24. The smallest absolute Gasteiger partial charge is 0.411 e. The van der Waals surface area contributed by atoms with E-state index in [2.05, 4.69) is 9.47 Å². The van der Waals surface area contributed by atoms with Gasteiger partial charge in [-0.3, -0.25) is 10.6 Å². The van der Waals surface area contributed by atoms with E-state index in [0.29, 0.717) is 13.0 Å². The van der Waals surface area contributed by atoms with Gasteiger partial charge in [0.1, 0.15) is 0 Å². The van der Waals surface area contributed by atoms with Gasteiger partial charge in [0, 0.05) is 11.4 Å². The summed E-state index contributed by atoms with van der Waals surface area (Å²) in [6.07, 6.45) is -18.5. The number of hydrogen-bond donors (Lipinski definition) is 2. The van der Waals surface area contributed by atoms with Crippen LogP contribution in [0.5, 0.6) is 0 Å². The highest BCUT2D eigenvalue weighted by Crippen LogP contribution is 2.68. The standard InChI is InChI=1S/C31H14F40N2O4/c1-7-2-3-8(72-12(74)76-5-14(36,37)18(44,45)22(52,53)26(60,61)30(68,69)28(64,65)24(56,57)20(48,49)16(40,41)10(32)33)4-9(7)73-13(75)77-6-15(38,39)19(46,47)23(54,55)27(62,63)31(70,71)29(66,67)25(58,59)21(50,51)17(42,43)11(34)35/h2-4,10-11H,5-6H2,1H3,(H,72,74)(H,73,75). The van der Waals surface area contributed by atoms with Gasteiger partial charge in [-0.1, -0.05) is 6.07 Å². The van der Waals surface area contributed by atoms with Gasteiger partial charge in [-0.2, -0.15) is 158 Å². The van der Waals surface area contributed by atoms with Crippen molar-refractivity contribution in [2.45, 2.75) is 126 Å². The van der Waals surface area contributed by atoms with Gasteiger partial charge in [-0.15, -0.1) is 0 Å². The number of alkyl halides is 40. The van der Waals surface area contributed by atoms with E-state index in [-0.39, 0.29) is 12.1 Å². The highest BCUT2D eigenvalue weighted by molar-refractivity contribution is 5.89. The first-order valence-electron chi connectivity index (χ1n) is 17.6. The number of aryl methyl sites for hydroxylation is 1. The fourth-order valence-corrected chi connectivity index (χ4v) is 4.75. The van der Waals surface area contributed by atoms with Crippen molar-refractivity contribution in [1.29, 1.82) is 0 Å². The first-order valence-corrected chi connectivity index (χ1v) is 17.6. The van der Waals surface area contributed by atoms with Crippen LogP contribution in [-0.4, -0.2) is 145 Å². The Labute approximate surface area is 393 Å². The number of benzene rings is 1. The summed E-state index contributed by atoms with van der Waals surface area (Å²) in [4.78, 5) is 23.8. The predicted molar refractivity (Wildman–Crippen MR) is 162 cm³/mol. The monoisotopic (exact) mass is 1240 g/mol. The summed E-state index contributed by atoms with van der Waals surface area (Å²) in [5.41, 5.74) is -3.37. The predicted octanol–water partition coefficient (Wildman–Crippen LogP) is 15.1. The van der Waals surface area contributed by atoms with Crippen LogP contribution in [0.1, 0.15) is 5.56 Å². The van der Waals surface area contributed by atoms with E-state index >= 15 is 0 Å². The third kappa shape index (κ3) is 9.97. The minimum absolute atomic E-state index is 0.0434. The molecule has 0 fully saturated rings. The lowest BCUT2D eigenvalue weighted by atomic mass is 9.86. The lowest BCUT2D eigenvalue weighted by molar-refractivity contribution is -0.465. The van der Waals surface area contributed by atoms with E-state index in [9.17, 15) is 185 Å². The second kappa shape index (κ2) is 19.6. The Morgan fingerprint density at radius 1 is 0.364 bits per heavy atom. The van der Waals surface area contributed by atoms with Gasteiger partial charge < -0.3 is 9.47 Å². The molecule has 0 saturated heterocycles. The number of nitrogens with one attached hydrogen (secondary N) is 2. The number of amides is 2. The minimum atomic E-state index is -9.42. The third-order valence-electron chi connectivity index (χ3n) is 9.53. The van der Waals surface area contributed by atoms with Crippen molar-refractivity contribution < 1.29 is 195 Å². The maximum Gasteiger partial charge on any atom is 0.411 e. The topological polar surface area (TPSA) is 76.7 Å². The Balaban J connectivity index is 3.41. The van der Waals surface area contributed by atoms with E-state index in [1.165, 1.54) is 0 Å². The van der Waals surface area contributed by atoms with Gasteiger partial charge in [0.25, 0.3) is 0 Å². The molecule has 0 heterocycles. The normalized spacial score (nSPS) is 15.8. The van der Waals surface area contributed by atoms with Crippen LogP contribution in [0, 0.1) is 6.92 Å². The Morgan fingerprint density at radius 3 is 0.831 bits per heavy atom. The summed E-state index contributed by atoms with van der Waals surface area (Å²) in [7, 11) is 0. The van der Waals surface area contributed by atoms with Crippen molar-refractivity contribution in [2.24, 2.45) is 0 Å². The molecule has 77 heavy (non-hydrogen) atoms. The van der Waals surface area contributed by atoms with Crippen LogP contribution in [0.2, 0.25) is 0 Å². The van der Waals surface area contributed by atoms with Crippen LogP contribution in [-0.2, 0) is 9.47 Å². The quantitative estimate of drug-likeness (QED) is 0.101. The highest BCUT2D eigenvalue weighted by atomic mass is 19.4. The summed E-state index contributed by atoms with van der Waals surface area (Å²) >= 11 is 0. The molecule has 1 rings (SSSR count). The molecule has 0 saturated carbocycles. The molecular formula is C31H14F40N2O4. The lowest BCUT2D eigenvalue weighted by Crippen LogP contribution is -2.76. The molecule has 0 bridgehead atoms. The molecule has 46 heteroatoms. The highest BCUT2D eigenvalue weighted by Gasteiger charge is 2.99. The zero-order chi connectivity index (χ0) is 62.4.